The summed E-state index contributed by atoms with van der Waals surface area (Å²) in [4.78, 5) is 3.94. The number of rotatable bonds is 2. The summed E-state index contributed by atoms with van der Waals surface area (Å²) in [5.41, 5.74) is 8.49. The normalized spacial score (nSPS) is 11.5. The minimum Gasteiger partial charge on any atom is -0.369 e. The first-order valence-corrected chi connectivity index (χ1v) is 4.59. The van der Waals surface area contributed by atoms with E-state index in [0.717, 1.165) is 5.56 Å². The fraction of sp³-hybridized carbons (Fsp3) is 0.125. The fourth-order valence-electron chi connectivity index (χ4n) is 0.860. The van der Waals surface area contributed by atoms with E-state index in [1.54, 1.807) is 12.1 Å². The van der Waals surface area contributed by atoms with Gasteiger partial charge in [0.05, 0.1) is 16.6 Å². The first-order valence-electron chi connectivity index (χ1n) is 3.84. The van der Waals surface area contributed by atoms with Gasteiger partial charge in [-0.25, -0.2) is 10.8 Å². The Balaban J connectivity index is 2.73. The molecule has 0 aliphatic heterocycles. The van der Waals surface area contributed by atoms with Crippen molar-refractivity contribution in [3.63, 3.8) is 0 Å². The van der Waals surface area contributed by atoms with Gasteiger partial charge in [0.2, 0.25) is 5.96 Å². The third kappa shape index (κ3) is 3.06. The highest BCUT2D eigenvalue weighted by Gasteiger charge is 1.98. The predicted octanol–water partition coefficient (Wildman–Crippen LogP) is 1.27. The highest BCUT2D eigenvalue weighted by atomic mass is 35.5. The van der Waals surface area contributed by atoms with Crippen molar-refractivity contribution in [3.05, 3.63) is 33.8 Å². The lowest BCUT2D eigenvalue weighted by Gasteiger charge is -2.01. The highest BCUT2D eigenvalue weighted by molar-refractivity contribution is 6.42. The SMILES string of the molecule is NNC(N)=NCc1ccc(Cl)c(Cl)c1. The molecule has 0 radical (unpaired) electrons. The van der Waals surface area contributed by atoms with Gasteiger partial charge in [-0.1, -0.05) is 29.3 Å². The van der Waals surface area contributed by atoms with E-state index in [4.69, 9.17) is 34.8 Å². The van der Waals surface area contributed by atoms with Crippen LogP contribution in [0.15, 0.2) is 23.2 Å². The second-order valence-electron chi connectivity index (χ2n) is 2.59. The third-order valence-electron chi connectivity index (χ3n) is 1.56. The molecule has 5 N–H and O–H groups in total. The Hall–Kier alpha value is -0.970. The van der Waals surface area contributed by atoms with E-state index in [-0.39, 0.29) is 5.96 Å². The second-order valence-corrected chi connectivity index (χ2v) is 3.41. The van der Waals surface area contributed by atoms with Crippen LogP contribution in [0.25, 0.3) is 0 Å². The number of benzene rings is 1. The summed E-state index contributed by atoms with van der Waals surface area (Å²) < 4.78 is 0. The van der Waals surface area contributed by atoms with Gasteiger partial charge in [-0.2, -0.15) is 0 Å². The largest absolute Gasteiger partial charge is 0.369 e. The predicted molar refractivity (Wildman–Crippen MR) is 59.1 cm³/mol. The molecule has 76 valence electrons. The molecule has 0 atom stereocenters. The van der Waals surface area contributed by atoms with Gasteiger partial charge in [0.1, 0.15) is 0 Å². The van der Waals surface area contributed by atoms with Gasteiger partial charge in [-0.3, -0.25) is 5.43 Å². The quantitative estimate of drug-likeness (QED) is 0.311. The molecule has 0 fully saturated rings. The molecule has 0 unspecified atom stereocenters. The fourth-order valence-corrected chi connectivity index (χ4v) is 1.18. The molecule has 1 aromatic carbocycles. The van der Waals surface area contributed by atoms with E-state index in [1.807, 2.05) is 6.07 Å². The van der Waals surface area contributed by atoms with Crippen LogP contribution in [0, 0.1) is 0 Å². The first kappa shape index (κ1) is 11.1. The van der Waals surface area contributed by atoms with E-state index in [2.05, 4.69) is 10.4 Å². The van der Waals surface area contributed by atoms with Crippen LogP contribution in [0.5, 0.6) is 0 Å². The van der Waals surface area contributed by atoms with Gasteiger partial charge in [-0.05, 0) is 17.7 Å². The number of hydrogen-bond donors (Lipinski definition) is 3. The van der Waals surface area contributed by atoms with E-state index >= 15 is 0 Å². The Bertz CT molecular complexity index is 351. The maximum Gasteiger partial charge on any atom is 0.203 e. The van der Waals surface area contributed by atoms with Crippen LogP contribution in [0.4, 0.5) is 0 Å². The molecule has 0 saturated carbocycles. The van der Waals surface area contributed by atoms with Crippen LogP contribution in [0.1, 0.15) is 5.56 Å². The molecule has 0 amide bonds. The third-order valence-corrected chi connectivity index (χ3v) is 2.30. The van der Waals surface area contributed by atoms with Crippen LogP contribution in [0.3, 0.4) is 0 Å². The number of nitrogens with two attached hydrogens (primary N) is 2. The van der Waals surface area contributed by atoms with Gasteiger partial charge in [0.15, 0.2) is 0 Å². The van der Waals surface area contributed by atoms with Crippen molar-refractivity contribution in [2.45, 2.75) is 6.54 Å². The van der Waals surface area contributed by atoms with Gasteiger partial charge in [-0.15, -0.1) is 0 Å². The van der Waals surface area contributed by atoms with E-state index in [1.165, 1.54) is 0 Å². The Morgan fingerprint density at radius 1 is 1.36 bits per heavy atom. The maximum absolute atomic E-state index is 5.81. The lowest BCUT2D eigenvalue weighted by molar-refractivity contribution is 0.958. The summed E-state index contributed by atoms with van der Waals surface area (Å²) >= 11 is 11.6. The molecule has 4 nitrogen and oxygen atoms in total. The molecular weight excluding hydrogens is 223 g/mol. The molecule has 0 aromatic heterocycles. The summed E-state index contributed by atoms with van der Waals surface area (Å²) in [6, 6.07) is 5.26. The lowest BCUT2D eigenvalue weighted by Crippen LogP contribution is -2.37. The van der Waals surface area contributed by atoms with E-state index in [0.29, 0.717) is 16.6 Å². The number of hydrazine groups is 1. The summed E-state index contributed by atoms with van der Waals surface area (Å²) in [6.45, 7) is 0.410. The summed E-state index contributed by atoms with van der Waals surface area (Å²) in [5.74, 6) is 5.21. The van der Waals surface area contributed by atoms with Crippen molar-refractivity contribution >= 4 is 29.2 Å². The number of halogens is 2. The van der Waals surface area contributed by atoms with Crippen molar-refractivity contribution in [1.82, 2.24) is 5.43 Å². The second kappa shape index (κ2) is 5.05. The van der Waals surface area contributed by atoms with Crippen LogP contribution in [-0.2, 0) is 6.54 Å². The van der Waals surface area contributed by atoms with Crippen molar-refractivity contribution < 1.29 is 0 Å². The molecule has 6 heteroatoms. The Kier molecular flexibility index (Phi) is 4.00. The van der Waals surface area contributed by atoms with Crippen molar-refractivity contribution in [2.24, 2.45) is 16.6 Å². The first-order chi connectivity index (χ1) is 6.63. The highest BCUT2D eigenvalue weighted by Crippen LogP contribution is 2.22. The molecule has 0 heterocycles. The van der Waals surface area contributed by atoms with Gasteiger partial charge in [0.25, 0.3) is 0 Å². The van der Waals surface area contributed by atoms with Crippen LogP contribution < -0.4 is 17.0 Å². The average Bonchev–Trinajstić information content (AvgIpc) is 2.19. The van der Waals surface area contributed by atoms with Gasteiger partial charge in [0, 0.05) is 0 Å². The van der Waals surface area contributed by atoms with E-state index < -0.39 is 0 Å². The Labute approximate surface area is 91.9 Å². The van der Waals surface area contributed by atoms with Crippen molar-refractivity contribution in [3.8, 4) is 0 Å². The number of hydrogen-bond acceptors (Lipinski definition) is 2. The zero-order valence-electron chi connectivity index (χ0n) is 7.30. The maximum atomic E-state index is 5.81. The molecule has 0 bridgehead atoms. The summed E-state index contributed by atoms with van der Waals surface area (Å²) in [5, 5.41) is 1.02. The number of guanidine groups is 1. The monoisotopic (exact) mass is 232 g/mol. The molecule has 0 spiro atoms. The molecule has 14 heavy (non-hydrogen) atoms. The van der Waals surface area contributed by atoms with Crippen LogP contribution >= 0.6 is 23.2 Å². The topological polar surface area (TPSA) is 76.4 Å². The van der Waals surface area contributed by atoms with Crippen LogP contribution in [0.2, 0.25) is 10.0 Å². The summed E-state index contributed by atoms with van der Waals surface area (Å²) in [7, 11) is 0. The van der Waals surface area contributed by atoms with Gasteiger partial charge >= 0.3 is 0 Å². The van der Waals surface area contributed by atoms with Crippen molar-refractivity contribution in [1.29, 1.82) is 0 Å². The Morgan fingerprint density at radius 3 is 2.64 bits per heavy atom. The van der Waals surface area contributed by atoms with E-state index in [9.17, 15) is 0 Å². The molecule has 0 saturated heterocycles. The zero-order valence-corrected chi connectivity index (χ0v) is 8.81. The Morgan fingerprint density at radius 2 is 2.07 bits per heavy atom. The van der Waals surface area contributed by atoms with Crippen molar-refractivity contribution in [2.75, 3.05) is 0 Å². The summed E-state index contributed by atoms with van der Waals surface area (Å²) in [6.07, 6.45) is 0. The van der Waals surface area contributed by atoms with Crippen LogP contribution in [-0.4, -0.2) is 5.96 Å². The smallest absolute Gasteiger partial charge is 0.203 e. The minimum absolute atomic E-state index is 0.177. The number of nitrogens with one attached hydrogen (secondary N) is 1. The average molecular weight is 233 g/mol. The minimum atomic E-state index is 0.177. The molecule has 1 rings (SSSR count). The molecular formula is C8H10Cl2N4. The number of nitrogens with zero attached hydrogens (tertiary/aromatic N) is 1. The molecule has 0 aliphatic rings. The zero-order chi connectivity index (χ0) is 10.6. The van der Waals surface area contributed by atoms with Gasteiger partial charge < -0.3 is 5.73 Å². The number of aliphatic imine (C=N–C) groups is 1. The lowest BCUT2D eigenvalue weighted by atomic mass is 10.2. The standard InChI is InChI=1S/C8H10Cl2N4/c9-6-2-1-5(3-7(6)10)4-13-8(11)14-12/h1-3H,4,12H2,(H3,11,13,14). The molecule has 1 aromatic rings. The molecule has 0 aliphatic carbocycles.